The summed E-state index contributed by atoms with van der Waals surface area (Å²) in [5, 5.41) is 7.42. The average Bonchev–Trinajstić information content (AvgIpc) is 3.00. The molecule has 0 unspecified atom stereocenters. The number of rotatable bonds is 2. The van der Waals surface area contributed by atoms with E-state index in [1.54, 1.807) is 0 Å². The molecule has 0 radical (unpaired) electrons. The highest BCUT2D eigenvalue weighted by molar-refractivity contribution is 5.83. The lowest BCUT2D eigenvalue weighted by Gasteiger charge is -2.36. The number of benzene rings is 1. The Morgan fingerprint density at radius 3 is 2.72 bits per heavy atom. The van der Waals surface area contributed by atoms with Gasteiger partial charge in [-0.05, 0) is 44.4 Å². The van der Waals surface area contributed by atoms with E-state index in [0.717, 1.165) is 49.0 Å². The predicted molar refractivity (Wildman–Crippen MR) is 99.7 cm³/mol. The zero-order valence-corrected chi connectivity index (χ0v) is 15.0. The second-order valence-corrected chi connectivity index (χ2v) is 7.56. The largest absolute Gasteiger partial charge is 0.327 e. The van der Waals surface area contributed by atoms with E-state index >= 15 is 0 Å². The van der Waals surface area contributed by atoms with Gasteiger partial charge in [-0.2, -0.15) is 5.10 Å². The molecular formula is C20H25N5. The standard InChI is InChI=1S/C20H25N5/c1-13-20(14(2)23-22-13)15-6-7-18-17(12-15)21-19-8-9-24(10-11-25(18)19)16-4-3-5-16/h6-7,12,16H,3-5,8-11H2,1-2H3,(H,22,23). The van der Waals surface area contributed by atoms with E-state index in [9.17, 15) is 0 Å². The Labute approximate surface area is 148 Å². The first-order chi connectivity index (χ1) is 12.2. The van der Waals surface area contributed by atoms with Crippen LogP contribution in [-0.4, -0.2) is 43.8 Å². The fourth-order valence-electron chi connectivity index (χ4n) is 4.45. The summed E-state index contributed by atoms with van der Waals surface area (Å²) in [6, 6.07) is 7.52. The molecule has 5 rings (SSSR count). The molecule has 25 heavy (non-hydrogen) atoms. The van der Waals surface area contributed by atoms with Crippen LogP contribution < -0.4 is 0 Å². The molecular weight excluding hydrogens is 310 g/mol. The molecule has 0 bridgehead atoms. The number of nitrogens with zero attached hydrogens (tertiary/aromatic N) is 4. The highest BCUT2D eigenvalue weighted by atomic mass is 15.2. The van der Waals surface area contributed by atoms with Crippen molar-refractivity contribution in [1.82, 2.24) is 24.6 Å². The van der Waals surface area contributed by atoms with Crippen LogP contribution in [0.1, 0.15) is 36.5 Å². The normalized spacial score (nSPS) is 19.0. The fourth-order valence-corrected chi connectivity index (χ4v) is 4.45. The summed E-state index contributed by atoms with van der Waals surface area (Å²) < 4.78 is 2.44. The summed E-state index contributed by atoms with van der Waals surface area (Å²) in [6.07, 6.45) is 5.24. The molecule has 5 nitrogen and oxygen atoms in total. The summed E-state index contributed by atoms with van der Waals surface area (Å²) in [7, 11) is 0. The Kier molecular flexibility index (Phi) is 3.45. The Bertz CT molecular complexity index is 912. The Morgan fingerprint density at radius 1 is 1.12 bits per heavy atom. The monoisotopic (exact) mass is 335 g/mol. The molecule has 1 N–H and O–H groups in total. The first-order valence-corrected chi connectivity index (χ1v) is 9.46. The van der Waals surface area contributed by atoms with Crippen LogP contribution in [0.2, 0.25) is 0 Å². The van der Waals surface area contributed by atoms with Gasteiger partial charge in [0.05, 0.1) is 16.7 Å². The van der Waals surface area contributed by atoms with Crippen LogP contribution in [0.25, 0.3) is 22.2 Å². The van der Waals surface area contributed by atoms with Crippen LogP contribution in [0.15, 0.2) is 18.2 Å². The number of fused-ring (bicyclic) bond motifs is 3. The lowest BCUT2D eigenvalue weighted by molar-refractivity contribution is 0.130. The second kappa shape index (κ2) is 5.70. The van der Waals surface area contributed by atoms with E-state index in [1.807, 2.05) is 0 Å². The number of hydrogen-bond donors (Lipinski definition) is 1. The molecule has 1 aromatic carbocycles. The highest BCUT2D eigenvalue weighted by Crippen LogP contribution is 2.30. The maximum Gasteiger partial charge on any atom is 0.111 e. The van der Waals surface area contributed by atoms with Gasteiger partial charge in [-0.25, -0.2) is 4.98 Å². The van der Waals surface area contributed by atoms with Crippen molar-refractivity contribution in [1.29, 1.82) is 0 Å². The Hall–Kier alpha value is -2.14. The quantitative estimate of drug-likeness (QED) is 0.780. The number of H-pyrrole nitrogens is 1. The van der Waals surface area contributed by atoms with Crippen molar-refractivity contribution in [2.24, 2.45) is 0 Å². The van der Waals surface area contributed by atoms with Crippen molar-refractivity contribution in [2.75, 3.05) is 13.1 Å². The van der Waals surface area contributed by atoms with Crippen LogP contribution >= 0.6 is 0 Å². The maximum absolute atomic E-state index is 4.99. The van der Waals surface area contributed by atoms with Crippen molar-refractivity contribution in [3.05, 3.63) is 35.4 Å². The number of nitrogens with one attached hydrogen (secondary N) is 1. The van der Waals surface area contributed by atoms with Crippen LogP contribution in [0.4, 0.5) is 0 Å². The molecule has 0 amide bonds. The number of hydrogen-bond acceptors (Lipinski definition) is 3. The second-order valence-electron chi connectivity index (χ2n) is 7.56. The average molecular weight is 335 g/mol. The maximum atomic E-state index is 4.99. The van der Waals surface area contributed by atoms with Gasteiger partial charge in [0.15, 0.2) is 0 Å². The molecule has 1 aliphatic heterocycles. The van der Waals surface area contributed by atoms with Gasteiger partial charge < -0.3 is 4.57 Å². The van der Waals surface area contributed by atoms with Crippen molar-refractivity contribution in [2.45, 2.75) is 52.1 Å². The molecule has 3 aromatic rings. The van der Waals surface area contributed by atoms with E-state index in [4.69, 9.17) is 4.98 Å². The van der Waals surface area contributed by atoms with Gasteiger partial charge in [-0.1, -0.05) is 12.5 Å². The van der Waals surface area contributed by atoms with Crippen LogP contribution in [-0.2, 0) is 13.0 Å². The van der Waals surface area contributed by atoms with E-state index in [0.29, 0.717) is 0 Å². The third-order valence-corrected chi connectivity index (χ3v) is 6.07. The SMILES string of the molecule is Cc1n[nH]c(C)c1-c1ccc2c(c1)nc1n2CCN(C2CCC2)CC1. The third-order valence-electron chi connectivity index (χ3n) is 6.07. The number of imidazole rings is 1. The number of aromatic nitrogens is 4. The fraction of sp³-hybridized carbons (Fsp3) is 0.500. The Balaban J connectivity index is 1.50. The summed E-state index contributed by atoms with van der Waals surface area (Å²) in [5.41, 5.74) is 6.97. The topological polar surface area (TPSA) is 49.7 Å². The van der Waals surface area contributed by atoms with E-state index in [2.05, 4.69) is 51.7 Å². The molecule has 3 heterocycles. The molecule has 0 spiro atoms. The van der Waals surface area contributed by atoms with E-state index in [1.165, 1.54) is 41.7 Å². The van der Waals surface area contributed by atoms with Crippen molar-refractivity contribution < 1.29 is 0 Å². The van der Waals surface area contributed by atoms with Crippen molar-refractivity contribution in [3.63, 3.8) is 0 Å². The zero-order valence-electron chi connectivity index (χ0n) is 15.0. The van der Waals surface area contributed by atoms with Gasteiger partial charge in [-0.3, -0.25) is 10.00 Å². The lowest BCUT2D eigenvalue weighted by Crippen LogP contribution is -2.41. The van der Waals surface area contributed by atoms with Crippen LogP contribution in [0, 0.1) is 13.8 Å². The highest BCUT2D eigenvalue weighted by Gasteiger charge is 2.27. The number of aromatic amines is 1. The molecule has 130 valence electrons. The summed E-state index contributed by atoms with van der Waals surface area (Å²) in [4.78, 5) is 7.66. The smallest absolute Gasteiger partial charge is 0.111 e. The molecule has 5 heteroatoms. The summed E-state index contributed by atoms with van der Waals surface area (Å²) in [5.74, 6) is 1.25. The van der Waals surface area contributed by atoms with Crippen molar-refractivity contribution >= 4 is 11.0 Å². The van der Waals surface area contributed by atoms with E-state index in [-0.39, 0.29) is 0 Å². The van der Waals surface area contributed by atoms with Gasteiger partial charge in [0, 0.05) is 43.4 Å². The Morgan fingerprint density at radius 2 is 2.00 bits per heavy atom. The van der Waals surface area contributed by atoms with Gasteiger partial charge in [0.1, 0.15) is 5.82 Å². The van der Waals surface area contributed by atoms with Gasteiger partial charge in [0.2, 0.25) is 0 Å². The number of aryl methyl sites for hydroxylation is 2. The molecule has 0 saturated heterocycles. The first kappa shape index (κ1) is 15.1. The van der Waals surface area contributed by atoms with Crippen LogP contribution in [0.5, 0.6) is 0 Å². The molecule has 1 aliphatic carbocycles. The van der Waals surface area contributed by atoms with Gasteiger partial charge in [-0.15, -0.1) is 0 Å². The molecule has 0 atom stereocenters. The molecule has 1 saturated carbocycles. The summed E-state index contributed by atoms with van der Waals surface area (Å²) >= 11 is 0. The first-order valence-electron chi connectivity index (χ1n) is 9.46. The molecule has 1 fully saturated rings. The lowest BCUT2D eigenvalue weighted by atomic mass is 9.91. The van der Waals surface area contributed by atoms with Crippen LogP contribution in [0.3, 0.4) is 0 Å². The minimum absolute atomic E-state index is 0.828. The molecule has 2 aromatic heterocycles. The van der Waals surface area contributed by atoms with Crippen molar-refractivity contribution in [3.8, 4) is 11.1 Å². The molecule has 2 aliphatic rings. The minimum Gasteiger partial charge on any atom is -0.327 e. The predicted octanol–water partition coefficient (Wildman–Crippen LogP) is 3.45. The third kappa shape index (κ3) is 2.41. The minimum atomic E-state index is 0.828. The van der Waals surface area contributed by atoms with Gasteiger partial charge >= 0.3 is 0 Å². The zero-order chi connectivity index (χ0) is 17.0. The van der Waals surface area contributed by atoms with Gasteiger partial charge in [0.25, 0.3) is 0 Å². The van der Waals surface area contributed by atoms with E-state index < -0.39 is 0 Å². The summed E-state index contributed by atoms with van der Waals surface area (Å²) in [6.45, 7) is 7.51.